The molecule has 0 radical (unpaired) electrons. The zero-order valence-corrected chi connectivity index (χ0v) is 12.0. The molecule has 1 rings (SSSR count). The molecular formula is C11H18BrNO2S. The molecule has 16 heavy (non-hydrogen) atoms. The Morgan fingerprint density at radius 1 is 1.62 bits per heavy atom. The monoisotopic (exact) mass is 307 g/mol. The molecule has 0 bridgehead atoms. The van der Waals surface area contributed by atoms with Crippen LogP contribution in [0.15, 0.2) is 10.5 Å². The number of nitrogens with one attached hydrogen (secondary N) is 1. The van der Waals surface area contributed by atoms with E-state index in [1.807, 2.05) is 0 Å². The number of thiophene rings is 1. The van der Waals surface area contributed by atoms with Crippen LogP contribution in [0.25, 0.3) is 0 Å². The standard InChI is InChI=1S/C11H18BrNO2S/c1-8(3-4-14)6-13-7-9-5-10(12)11(15-2)16-9/h5,8,13-14H,3-4,6-7H2,1-2H3. The van der Waals surface area contributed by atoms with Crippen molar-refractivity contribution in [3.8, 4) is 5.06 Å². The van der Waals surface area contributed by atoms with E-state index in [-0.39, 0.29) is 6.61 Å². The lowest BCUT2D eigenvalue weighted by Gasteiger charge is -2.09. The Morgan fingerprint density at radius 3 is 2.94 bits per heavy atom. The quantitative estimate of drug-likeness (QED) is 0.813. The zero-order chi connectivity index (χ0) is 12.0. The average Bonchev–Trinajstić information content (AvgIpc) is 2.59. The normalized spacial score (nSPS) is 12.8. The van der Waals surface area contributed by atoms with Crippen LogP contribution in [0.1, 0.15) is 18.2 Å². The molecule has 1 aromatic heterocycles. The highest BCUT2D eigenvalue weighted by molar-refractivity contribution is 9.10. The topological polar surface area (TPSA) is 41.5 Å². The molecule has 1 unspecified atom stereocenters. The van der Waals surface area contributed by atoms with Crippen molar-refractivity contribution >= 4 is 27.3 Å². The number of ether oxygens (including phenoxy) is 1. The van der Waals surface area contributed by atoms with Crippen molar-refractivity contribution in [3.63, 3.8) is 0 Å². The first-order chi connectivity index (χ1) is 7.67. The van der Waals surface area contributed by atoms with Crippen molar-refractivity contribution in [1.82, 2.24) is 5.32 Å². The van der Waals surface area contributed by atoms with Crippen molar-refractivity contribution in [2.75, 3.05) is 20.3 Å². The summed E-state index contributed by atoms with van der Waals surface area (Å²) in [6, 6.07) is 2.08. The van der Waals surface area contributed by atoms with Crippen LogP contribution in [0.3, 0.4) is 0 Å². The number of rotatable bonds is 7. The predicted octanol–water partition coefficient (Wildman–Crippen LogP) is 2.63. The fraction of sp³-hybridized carbons (Fsp3) is 0.636. The highest BCUT2D eigenvalue weighted by Crippen LogP contribution is 2.34. The third-order valence-corrected chi connectivity index (χ3v) is 4.25. The summed E-state index contributed by atoms with van der Waals surface area (Å²) < 4.78 is 6.22. The summed E-state index contributed by atoms with van der Waals surface area (Å²) in [6.07, 6.45) is 0.852. The lowest BCUT2D eigenvalue weighted by atomic mass is 10.1. The maximum Gasteiger partial charge on any atom is 0.188 e. The first-order valence-electron chi connectivity index (χ1n) is 5.31. The number of methoxy groups -OCH3 is 1. The van der Waals surface area contributed by atoms with E-state index in [0.717, 1.165) is 29.0 Å². The van der Waals surface area contributed by atoms with Crippen LogP contribution in [0.4, 0.5) is 0 Å². The number of hydrogen-bond acceptors (Lipinski definition) is 4. The first kappa shape index (κ1) is 14.0. The molecule has 3 nitrogen and oxygen atoms in total. The molecule has 0 aliphatic carbocycles. The molecule has 0 aliphatic heterocycles. The van der Waals surface area contributed by atoms with Crippen molar-refractivity contribution < 1.29 is 9.84 Å². The molecule has 1 heterocycles. The molecule has 0 spiro atoms. The molecule has 2 N–H and O–H groups in total. The second kappa shape index (κ2) is 7.27. The number of halogens is 1. The summed E-state index contributed by atoms with van der Waals surface area (Å²) in [5.74, 6) is 0.510. The van der Waals surface area contributed by atoms with E-state index in [1.54, 1.807) is 18.4 Å². The molecule has 0 aliphatic rings. The summed E-state index contributed by atoms with van der Waals surface area (Å²) in [5.41, 5.74) is 0. The van der Waals surface area contributed by atoms with Crippen LogP contribution in [-0.4, -0.2) is 25.4 Å². The van der Waals surface area contributed by atoms with Gasteiger partial charge in [-0.2, -0.15) is 0 Å². The average molecular weight is 308 g/mol. The van der Waals surface area contributed by atoms with Crippen LogP contribution in [0.2, 0.25) is 0 Å². The molecule has 1 aromatic rings. The third kappa shape index (κ3) is 4.41. The van der Waals surface area contributed by atoms with Gasteiger partial charge in [-0.05, 0) is 40.9 Å². The SMILES string of the molecule is COc1sc(CNCC(C)CCO)cc1Br. The molecule has 0 fully saturated rings. The smallest absolute Gasteiger partial charge is 0.188 e. The van der Waals surface area contributed by atoms with Gasteiger partial charge < -0.3 is 15.2 Å². The van der Waals surface area contributed by atoms with Gasteiger partial charge in [-0.25, -0.2) is 0 Å². The highest BCUT2D eigenvalue weighted by atomic mass is 79.9. The van der Waals surface area contributed by atoms with Crippen molar-refractivity contribution in [3.05, 3.63) is 15.4 Å². The van der Waals surface area contributed by atoms with Crippen LogP contribution in [0, 0.1) is 5.92 Å². The molecule has 5 heteroatoms. The second-order valence-electron chi connectivity index (χ2n) is 3.80. The molecule has 0 amide bonds. The lowest BCUT2D eigenvalue weighted by molar-refractivity contribution is 0.260. The highest BCUT2D eigenvalue weighted by Gasteiger charge is 2.07. The second-order valence-corrected chi connectivity index (χ2v) is 5.75. The van der Waals surface area contributed by atoms with Gasteiger partial charge >= 0.3 is 0 Å². The fourth-order valence-electron chi connectivity index (χ4n) is 1.39. The summed E-state index contributed by atoms with van der Waals surface area (Å²) >= 11 is 5.09. The molecule has 92 valence electrons. The molecule has 0 saturated heterocycles. The molecular weight excluding hydrogens is 290 g/mol. The third-order valence-electron chi connectivity index (χ3n) is 2.31. The number of aliphatic hydroxyl groups excluding tert-OH is 1. The minimum atomic E-state index is 0.265. The van der Waals surface area contributed by atoms with Crippen molar-refractivity contribution in [2.45, 2.75) is 19.9 Å². The largest absolute Gasteiger partial charge is 0.486 e. The van der Waals surface area contributed by atoms with Crippen LogP contribution < -0.4 is 10.1 Å². The Morgan fingerprint density at radius 2 is 2.38 bits per heavy atom. The lowest BCUT2D eigenvalue weighted by Crippen LogP contribution is -2.20. The predicted molar refractivity (Wildman–Crippen MR) is 71.1 cm³/mol. The maximum absolute atomic E-state index is 8.78. The summed E-state index contributed by atoms with van der Waals surface area (Å²) in [5, 5.41) is 13.1. The van der Waals surface area contributed by atoms with Gasteiger partial charge in [-0.15, -0.1) is 11.3 Å². The van der Waals surface area contributed by atoms with E-state index in [9.17, 15) is 0 Å². The van der Waals surface area contributed by atoms with Gasteiger partial charge in [0.15, 0.2) is 5.06 Å². The van der Waals surface area contributed by atoms with Crippen molar-refractivity contribution in [1.29, 1.82) is 0 Å². The van der Waals surface area contributed by atoms with Gasteiger partial charge in [-0.1, -0.05) is 6.92 Å². The first-order valence-corrected chi connectivity index (χ1v) is 6.92. The zero-order valence-electron chi connectivity index (χ0n) is 9.62. The van der Waals surface area contributed by atoms with Crippen LogP contribution in [-0.2, 0) is 6.54 Å². The van der Waals surface area contributed by atoms with Gasteiger partial charge in [0, 0.05) is 18.0 Å². The van der Waals surface area contributed by atoms with Gasteiger partial charge in [0.25, 0.3) is 0 Å². The van der Waals surface area contributed by atoms with Gasteiger partial charge in [0.1, 0.15) is 0 Å². The Hall–Kier alpha value is -0.100. The minimum absolute atomic E-state index is 0.265. The van der Waals surface area contributed by atoms with E-state index < -0.39 is 0 Å². The van der Waals surface area contributed by atoms with E-state index >= 15 is 0 Å². The van der Waals surface area contributed by atoms with Crippen molar-refractivity contribution in [2.24, 2.45) is 5.92 Å². The van der Waals surface area contributed by atoms with E-state index in [2.05, 4.69) is 34.2 Å². The Kier molecular flexibility index (Phi) is 6.34. The molecule has 1 atom stereocenters. The summed E-state index contributed by atoms with van der Waals surface area (Å²) in [4.78, 5) is 1.25. The Balaban J connectivity index is 2.31. The fourth-order valence-corrected chi connectivity index (χ4v) is 3.05. The van der Waals surface area contributed by atoms with Crippen LogP contribution >= 0.6 is 27.3 Å². The van der Waals surface area contributed by atoms with E-state index in [1.165, 1.54) is 4.88 Å². The van der Waals surface area contributed by atoms with Gasteiger partial charge in [-0.3, -0.25) is 0 Å². The maximum atomic E-state index is 8.78. The summed E-state index contributed by atoms with van der Waals surface area (Å²) in [7, 11) is 1.68. The van der Waals surface area contributed by atoms with Gasteiger partial charge in [0.05, 0.1) is 11.6 Å². The number of hydrogen-bond donors (Lipinski definition) is 2. The number of aliphatic hydroxyl groups is 1. The van der Waals surface area contributed by atoms with E-state index in [0.29, 0.717) is 5.92 Å². The minimum Gasteiger partial charge on any atom is -0.486 e. The van der Waals surface area contributed by atoms with Crippen LogP contribution in [0.5, 0.6) is 5.06 Å². The molecule has 0 aromatic carbocycles. The molecule has 0 saturated carbocycles. The Bertz CT molecular complexity index is 317. The van der Waals surface area contributed by atoms with E-state index in [4.69, 9.17) is 9.84 Å². The van der Waals surface area contributed by atoms with Gasteiger partial charge in [0.2, 0.25) is 0 Å². The summed E-state index contributed by atoms with van der Waals surface area (Å²) in [6.45, 7) is 4.18. The Labute approximate surface area is 109 Å².